The van der Waals surface area contributed by atoms with Gasteiger partial charge < -0.3 is 5.32 Å². The molecule has 2 rings (SSSR count). The van der Waals surface area contributed by atoms with Crippen LogP contribution < -0.4 is 10.7 Å². The van der Waals surface area contributed by atoms with Crippen molar-refractivity contribution in [2.45, 2.75) is 13.0 Å². The Labute approximate surface area is 132 Å². The monoisotopic (exact) mass is 345 g/mol. The number of halogens is 1. The number of amides is 1. The normalized spacial score (nSPS) is 12.1. The number of carbonyl (C=O) groups is 1. The molecular weight excluding hydrogens is 330 g/mol. The highest BCUT2D eigenvalue weighted by molar-refractivity contribution is 9.10. The predicted molar refractivity (Wildman–Crippen MR) is 89.4 cm³/mol. The van der Waals surface area contributed by atoms with E-state index in [0.717, 1.165) is 15.7 Å². The molecule has 0 radical (unpaired) electrons. The lowest BCUT2D eigenvalue weighted by Gasteiger charge is -2.13. The number of benzene rings is 2. The minimum Gasteiger partial charge on any atom is -0.374 e. The van der Waals surface area contributed by atoms with Gasteiger partial charge in [0.25, 0.3) is 5.91 Å². The van der Waals surface area contributed by atoms with E-state index in [1.54, 1.807) is 13.1 Å². The van der Waals surface area contributed by atoms with Gasteiger partial charge in [-0.2, -0.15) is 5.10 Å². The summed E-state index contributed by atoms with van der Waals surface area (Å²) in [7, 11) is 0. The van der Waals surface area contributed by atoms with Gasteiger partial charge in [-0.3, -0.25) is 4.79 Å². The van der Waals surface area contributed by atoms with Crippen LogP contribution >= 0.6 is 15.9 Å². The van der Waals surface area contributed by atoms with Crippen LogP contribution in [0.5, 0.6) is 0 Å². The third-order valence-corrected chi connectivity index (χ3v) is 3.34. The van der Waals surface area contributed by atoms with E-state index in [-0.39, 0.29) is 11.9 Å². The fourth-order valence-electron chi connectivity index (χ4n) is 1.67. The molecule has 1 amide bonds. The molecule has 0 aliphatic heterocycles. The van der Waals surface area contributed by atoms with Crippen molar-refractivity contribution in [2.75, 3.05) is 5.32 Å². The number of para-hydroxylation sites is 1. The van der Waals surface area contributed by atoms with Gasteiger partial charge in [0, 0.05) is 10.2 Å². The van der Waals surface area contributed by atoms with E-state index in [0.29, 0.717) is 0 Å². The Kier molecular flexibility index (Phi) is 5.51. The summed E-state index contributed by atoms with van der Waals surface area (Å²) in [4.78, 5) is 11.9. The second-order valence-corrected chi connectivity index (χ2v) is 5.43. The fourth-order valence-corrected chi connectivity index (χ4v) is 1.93. The van der Waals surface area contributed by atoms with Crippen LogP contribution in [0.4, 0.5) is 5.69 Å². The molecule has 5 heteroatoms. The van der Waals surface area contributed by atoms with Crippen LogP contribution in [0.1, 0.15) is 12.5 Å². The van der Waals surface area contributed by atoms with Crippen molar-refractivity contribution in [3.05, 3.63) is 64.6 Å². The SMILES string of the molecule is C[C@H](Nc1ccccc1)C(=O)N/N=C\c1ccc(Br)cc1. The first kappa shape index (κ1) is 15.3. The molecule has 4 nitrogen and oxygen atoms in total. The number of carbonyl (C=O) groups excluding carboxylic acids is 1. The summed E-state index contributed by atoms with van der Waals surface area (Å²) in [5, 5.41) is 7.06. The van der Waals surface area contributed by atoms with E-state index in [1.165, 1.54) is 0 Å². The van der Waals surface area contributed by atoms with Crippen molar-refractivity contribution in [3.8, 4) is 0 Å². The fraction of sp³-hybridized carbons (Fsp3) is 0.125. The second-order valence-electron chi connectivity index (χ2n) is 4.52. The van der Waals surface area contributed by atoms with E-state index < -0.39 is 0 Å². The molecular formula is C16H16BrN3O. The lowest BCUT2D eigenvalue weighted by atomic mass is 10.2. The lowest BCUT2D eigenvalue weighted by Crippen LogP contribution is -2.34. The molecule has 0 saturated heterocycles. The third-order valence-electron chi connectivity index (χ3n) is 2.81. The molecule has 0 spiro atoms. The molecule has 2 N–H and O–H groups in total. The van der Waals surface area contributed by atoms with Crippen molar-refractivity contribution in [1.82, 2.24) is 5.43 Å². The van der Waals surface area contributed by atoms with Crippen molar-refractivity contribution >= 4 is 33.7 Å². The van der Waals surface area contributed by atoms with Crippen LogP contribution in [0.15, 0.2) is 64.2 Å². The zero-order chi connectivity index (χ0) is 15.1. The zero-order valence-electron chi connectivity index (χ0n) is 11.6. The summed E-state index contributed by atoms with van der Waals surface area (Å²) in [5.74, 6) is -0.188. The van der Waals surface area contributed by atoms with Crippen LogP contribution in [-0.4, -0.2) is 18.2 Å². The van der Waals surface area contributed by atoms with Crippen molar-refractivity contribution in [3.63, 3.8) is 0 Å². The predicted octanol–water partition coefficient (Wildman–Crippen LogP) is 3.40. The molecule has 0 aliphatic rings. The Hall–Kier alpha value is -2.14. The number of hydrazone groups is 1. The van der Waals surface area contributed by atoms with E-state index in [2.05, 4.69) is 31.8 Å². The zero-order valence-corrected chi connectivity index (χ0v) is 13.2. The van der Waals surface area contributed by atoms with Crippen LogP contribution in [-0.2, 0) is 4.79 Å². The van der Waals surface area contributed by atoms with Gasteiger partial charge in [0.15, 0.2) is 0 Å². The first-order valence-electron chi connectivity index (χ1n) is 6.55. The number of anilines is 1. The molecule has 0 saturated carbocycles. The average molecular weight is 346 g/mol. The Bertz CT molecular complexity index is 611. The Balaban J connectivity index is 1.85. The summed E-state index contributed by atoms with van der Waals surface area (Å²) >= 11 is 3.36. The summed E-state index contributed by atoms with van der Waals surface area (Å²) in [6.07, 6.45) is 1.61. The molecule has 2 aromatic carbocycles. The molecule has 0 bridgehead atoms. The molecule has 2 aromatic rings. The highest BCUT2D eigenvalue weighted by atomic mass is 79.9. The van der Waals surface area contributed by atoms with E-state index >= 15 is 0 Å². The Morgan fingerprint density at radius 1 is 1.14 bits per heavy atom. The average Bonchev–Trinajstić information content (AvgIpc) is 2.50. The maximum atomic E-state index is 11.9. The number of hydrogen-bond acceptors (Lipinski definition) is 3. The second kappa shape index (κ2) is 7.59. The van der Waals surface area contributed by atoms with Gasteiger partial charge in [0.1, 0.15) is 6.04 Å². The van der Waals surface area contributed by atoms with Crippen molar-refractivity contribution in [2.24, 2.45) is 5.10 Å². The van der Waals surface area contributed by atoms with Crippen LogP contribution in [0.2, 0.25) is 0 Å². The quantitative estimate of drug-likeness (QED) is 0.644. The molecule has 0 aliphatic carbocycles. The molecule has 0 unspecified atom stereocenters. The topological polar surface area (TPSA) is 53.5 Å². The highest BCUT2D eigenvalue weighted by Crippen LogP contribution is 2.09. The molecule has 1 atom stereocenters. The minimum absolute atomic E-state index is 0.188. The number of rotatable bonds is 5. The summed E-state index contributed by atoms with van der Waals surface area (Å²) in [5.41, 5.74) is 4.34. The van der Waals surface area contributed by atoms with E-state index in [1.807, 2.05) is 54.6 Å². The van der Waals surface area contributed by atoms with Crippen LogP contribution in [0, 0.1) is 0 Å². The maximum absolute atomic E-state index is 11.9. The first-order chi connectivity index (χ1) is 10.1. The lowest BCUT2D eigenvalue weighted by molar-refractivity contribution is -0.121. The van der Waals surface area contributed by atoms with E-state index in [9.17, 15) is 4.79 Å². The van der Waals surface area contributed by atoms with Gasteiger partial charge in [0.05, 0.1) is 6.21 Å². The van der Waals surface area contributed by atoms with Gasteiger partial charge in [-0.05, 0) is 36.8 Å². The van der Waals surface area contributed by atoms with Crippen molar-refractivity contribution in [1.29, 1.82) is 0 Å². The van der Waals surface area contributed by atoms with Crippen molar-refractivity contribution < 1.29 is 4.79 Å². The summed E-state index contributed by atoms with van der Waals surface area (Å²) in [6, 6.07) is 16.9. The first-order valence-corrected chi connectivity index (χ1v) is 7.34. The van der Waals surface area contributed by atoms with Gasteiger partial charge in [0.2, 0.25) is 0 Å². The largest absolute Gasteiger partial charge is 0.374 e. The molecule has 0 heterocycles. The van der Waals surface area contributed by atoms with Gasteiger partial charge in [-0.15, -0.1) is 0 Å². The van der Waals surface area contributed by atoms with Gasteiger partial charge in [-0.1, -0.05) is 46.3 Å². The number of nitrogens with one attached hydrogen (secondary N) is 2. The molecule has 21 heavy (non-hydrogen) atoms. The standard InChI is InChI=1S/C16H16BrN3O/c1-12(19-15-5-3-2-4-6-15)16(21)20-18-11-13-7-9-14(17)10-8-13/h2-12,19H,1H3,(H,20,21)/b18-11-/t12-/m0/s1. The van der Waals surface area contributed by atoms with Crippen LogP contribution in [0.25, 0.3) is 0 Å². The van der Waals surface area contributed by atoms with Gasteiger partial charge >= 0.3 is 0 Å². The Morgan fingerprint density at radius 3 is 2.48 bits per heavy atom. The molecule has 0 aromatic heterocycles. The third kappa shape index (κ3) is 5.04. The number of hydrogen-bond donors (Lipinski definition) is 2. The summed E-state index contributed by atoms with van der Waals surface area (Å²) < 4.78 is 1.00. The molecule has 0 fully saturated rings. The minimum atomic E-state index is -0.366. The summed E-state index contributed by atoms with van der Waals surface area (Å²) in [6.45, 7) is 1.79. The van der Waals surface area contributed by atoms with Gasteiger partial charge in [-0.25, -0.2) is 5.43 Å². The molecule has 108 valence electrons. The Morgan fingerprint density at radius 2 is 1.81 bits per heavy atom. The highest BCUT2D eigenvalue weighted by Gasteiger charge is 2.10. The number of nitrogens with zero attached hydrogens (tertiary/aromatic N) is 1. The smallest absolute Gasteiger partial charge is 0.262 e. The van der Waals surface area contributed by atoms with Crippen LogP contribution in [0.3, 0.4) is 0 Å². The maximum Gasteiger partial charge on any atom is 0.262 e. The van der Waals surface area contributed by atoms with E-state index in [4.69, 9.17) is 0 Å².